The van der Waals surface area contributed by atoms with Gasteiger partial charge >= 0.3 is 0 Å². The van der Waals surface area contributed by atoms with Crippen molar-refractivity contribution < 1.29 is 14.2 Å². The summed E-state index contributed by atoms with van der Waals surface area (Å²) in [4.78, 5) is 0. The fourth-order valence-corrected chi connectivity index (χ4v) is 5.20. The van der Waals surface area contributed by atoms with E-state index >= 15 is 0 Å². The molecule has 4 heteroatoms. The van der Waals surface area contributed by atoms with Gasteiger partial charge in [-0.15, -0.1) is 0 Å². The van der Waals surface area contributed by atoms with Crippen LogP contribution in [-0.4, -0.2) is 22.7 Å². The molecule has 2 heterocycles. The molecule has 2 bridgehead atoms. The molecule has 2 fully saturated rings. The first-order chi connectivity index (χ1) is 9.09. The maximum Gasteiger partial charge on any atom is 0.127 e. The molecule has 19 heavy (non-hydrogen) atoms. The largest absolute Gasteiger partial charge is 0.497 e. The number of hydrogen-bond acceptors (Lipinski definition) is 3. The predicted molar refractivity (Wildman–Crippen MR) is 75.1 cm³/mol. The molecule has 2 aliphatic rings. The van der Waals surface area contributed by atoms with E-state index in [2.05, 4.69) is 0 Å². The Hall–Kier alpha value is -0.740. The molecule has 0 saturated carbocycles. The highest BCUT2D eigenvalue weighted by atomic mass is 32.2. The zero-order valence-corrected chi connectivity index (χ0v) is 11.9. The lowest BCUT2D eigenvalue weighted by Crippen LogP contribution is -2.40. The van der Waals surface area contributed by atoms with Gasteiger partial charge in [0.15, 0.2) is 0 Å². The smallest absolute Gasteiger partial charge is 0.127 e. The lowest BCUT2D eigenvalue weighted by molar-refractivity contribution is 0.00767. The molecule has 2 aliphatic heterocycles. The Kier molecular flexibility index (Phi) is 3.48. The van der Waals surface area contributed by atoms with Crippen molar-refractivity contribution in [3.63, 3.8) is 0 Å². The lowest BCUT2D eigenvalue weighted by atomic mass is 9.80. The topological polar surface area (TPSA) is 29.5 Å². The molecule has 0 spiro atoms. The van der Waals surface area contributed by atoms with Gasteiger partial charge in [-0.2, -0.15) is 11.8 Å². The van der Waals surface area contributed by atoms with E-state index in [4.69, 9.17) is 4.74 Å². The zero-order valence-electron chi connectivity index (χ0n) is 11.1. The first-order valence-corrected chi connectivity index (χ1v) is 7.76. The minimum Gasteiger partial charge on any atom is -0.497 e. The van der Waals surface area contributed by atoms with Gasteiger partial charge in [-0.1, -0.05) is 6.42 Å². The van der Waals surface area contributed by atoms with E-state index in [1.54, 1.807) is 6.07 Å². The molecule has 1 aromatic carbocycles. The van der Waals surface area contributed by atoms with Crippen LogP contribution < -0.4 is 4.74 Å². The van der Waals surface area contributed by atoms with E-state index in [1.807, 2.05) is 11.8 Å². The summed E-state index contributed by atoms with van der Waals surface area (Å²) in [5.74, 6) is 0.137. The monoisotopic (exact) mass is 282 g/mol. The fraction of sp³-hybridized carbons (Fsp3) is 0.600. The highest BCUT2D eigenvalue weighted by Crippen LogP contribution is 2.49. The van der Waals surface area contributed by atoms with E-state index in [0.29, 0.717) is 21.8 Å². The summed E-state index contributed by atoms with van der Waals surface area (Å²) in [6, 6.07) is 4.58. The predicted octanol–water partition coefficient (Wildman–Crippen LogP) is 3.47. The van der Waals surface area contributed by atoms with E-state index in [9.17, 15) is 9.50 Å². The zero-order chi connectivity index (χ0) is 13.5. The molecule has 0 aromatic heterocycles. The minimum absolute atomic E-state index is 0.342. The summed E-state index contributed by atoms with van der Waals surface area (Å²) >= 11 is 2.00. The van der Waals surface area contributed by atoms with Crippen LogP contribution in [0.2, 0.25) is 0 Å². The minimum atomic E-state index is -0.892. The molecule has 2 unspecified atom stereocenters. The molecule has 2 saturated heterocycles. The van der Waals surface area contributed by atoms with Gasteiger partial charge < -0.3 is 9.84 Å². The van der Waals surface area contributed by atoms with Crippen molar-refractivity contribution in [1.82, 2.24) is 0 Å². The summed E-state index contributed by atoms with van der Waals surface area (Å²) in [5, 5.41) is 12.0. The molecule has 1 N–H and O–H groups in total. The molecule has 2 atom stereocenters. The third kappa shape index (κ3) is 2.61. The van der Waals surface area contributed by atoms with Gasteiger partial charge in [-0.25, -0.2) is 4.39 Å². The second-order valence-corrected chi connectivity index (χ2v) is 7.24. The van der Waals surface area contributed by atoms with E-state index in [1.165, 1.54) is 25.7 Å². The Morgan fingerprint density at radius 1 is 1.26 bits per heavy atom. The maximum atomic E-state index is 13.6. The van der Waals surface area contributed by atoms with Gasteiger partial charge in [-0.05, 0) is 43.4 Å². The van der Waals surface area contributed by atoms with Crippen molar-refractivity contribution in [2.24, 2.45) is 0 Å². The number of hydrogen-bond donors (Lipinski definition) is 1. The fourth-order valence-electron chi connectivity index (χ4n) is 3.30. The van der Waals surface area contributed by atoms with Crippen LogP contribution in [0.25, 0.3) is 0 Å². The summed E-state index contributed by atoms with van der Waals surface area (Å²) in [7, 11) is 1.52. The highest BCUT2D eigenvalue weighted by molar-refractivity contribution is 8.00. The van der Waals surface area contributed by atoms with Crippen molar-refractivity contribution in [1.29, 1.82) is 0 Å². The number of methoxy groups -OCH3 is 1. The summed E-state index contributed by atoms with van der Waals surface area (Å²) < 4.78 is 18.7. The second kappa shape index (κ2) is 4.98. The Labute approximate surface area is 117 Å². The van der Waals surface area contributed by atoms with Crippen molar-refractivity contribution in [2.75, 3.05) is 7.11 Å². The lowest BCUT2D eigenvalue weighted by Gasteiger charge is -2.44. The van der Waals surface area contributed by atoms with Gasteiger partial charge in [0.2, 0.25) is 0 Å². The number of rotatable bonds is 2. The molecule has 1 aromatic rings. The third-order valence-corrected chi connectivity index (χ3v) is 5.79. The van der Waals surface area contributed by atoms with Crippen molar-refractivity contribution in [3.8, 4) is 5.75 Å². The molecule has 2 nitrogen and oxygen atoms in total. The Morgan fingerprint density at radius 3 is 2.58 bits per heavy atom. The molecule has 104 valence electrons. The molecular formula is C15H19FO2S. The first kappa shape index (κ1) is 13.3. The number of thioether (sulfide) groups is 1. The number of benzene rings is 1. The number of fused-ring (bicyclic) bond motifs is 2. The second-order valence-electron chi connectivity index (χ2n) is 5.63. The Morgan fingerprint density at radius 2 is 1.95 bits per heavy atom. The molecule has 3 rings (SSSR count). The van der Waals surface area contributed by atoms with Crippen molar-refractivity contribution >= 4 is 11.8 Å². The summed E-state index contributed by atoms with van der Waals surface area (Å²) in [6.45, 7) is 0. The van der Waals surface area contributed by atoms with E-state index < -0.39 is 5.60 Å². The molecule has 0 amide bonds. The van der Waals surface area contributed by atoms with Crippen LogP contribution in [0, 0.1) is 5.82 Å². The third-order valence-electron chi connectivity index (χ3n) is 4.21. The van der Waals surface area contributed by atoms with Crippen LogP contribution in [0.3, 0.4) is 0 Å². The van der Waals surface area contributed by atoms with Crippen LogP contribution in [0.15, 0.2) is 18.2 Å². The van der Waals surface area contributed by atoms with E-state index in [0.717, 1.165) is 25.7 Å². The van der Waals surface area contributed by atoms with Gasteiger partial charge in [-0.3, -0.25) is 0 Å². The van der Waals surface area contributed by atoms with Gasteiger partial charge in [0.1, 0.15) is 11.6 Å². The van der Waals surface area contributed by atoms with Crippen LogP contribution in [0.1, 0.15) is 37.7 Å². The number of halogens is 1. The van der Waals surface area contributed by atoms with Gasteiger partial charge in [0, 0.05) is 16.6 Å². The first-order valence-electron chi connectivity index (χ1n) is 6.82. The quantitative estimate of drug-likeness (QED) is 0.900. The van der Waals surface area contributed by atoms with Gasteiger partial charge in [0.05, 0.1) is 12.7 Å². The maximum absolute atomic E-state index is 13.6. The Bertz CT molecular complexity index is 465. The normalized spacial score (nSPS) is 34.1. The number of aliphatic hydroxyl groups is 1. The average Bonchev–Trinajstić information content (AvgIpc) is 2.37. The Balaban J connectivity index is 1.93. The molecule has 0 aliphatic carbocycles. The molecule has 0 radical (unpaired) electrons. The van der Waals surface area contributed by atoms with Crippen LogP contribution in [0.4, 0.5) is 4.39 Å². The summed E-state index contributed by atoms with van der Waals surface area (Å²) in [5.41, 5.74) is -0.224. The average molecular weight is 282 g/mol. The van der Waals surface area contributed by atoms with E-state index in [-0.39, 0.29) is 5.82 Å². The standard InChI is InChI=1S/C15H19FO2S/c1-18-12-6-10(5-11(16)7-12)15(17)8-13-3-2-4-14(9-15)19-13/h5-7,13-14,17H,2-4,8-9H2,1H3. The summed E-state index contributed by atoms with van der Waals surface area (Å²) in [6.07, 6.45) is 5.03. The number of ether oxygens (including phenoxy) is 1. The van der Waals surface area contributed by atoms with Crippen molar-refractivity contribution in [3.05, 3.63) is 29.6 Å². The van der Waals surface area contributed by atoms with Crippen molar-refractivity contribution in [2.45, 2.75) is 48.2 Å². The van der Waals surface area contributed by atoms with Crippen LogP contribution in [0.5, 0.6) is 5.75 Å². The SMILES string of the molecule is COc1cc(F)cc(C2(O)CC3CCCC(C2)S3)c1. The van der Waals surface area contributed by atoms with Gasteiger partial charge in [0.25, 0.3) is 0 Å². The van der Waals surface area contributed by atoms with Crippen LogP contribution >= 0.6 is 11.8 Å². The molecular weight excluding hydrogens is 263 g/mol. The highest BCUT2D eigenvalue weighted by Gasteiger charge is 2.42. The van der Waals surface area contributed by atoms with Crippen LogP contribution in [-0.2, 0) is 5.60 Å².